The maximum atomic E-state index is 5.48. The molecule has 0 fully saturated rings. The van der Waals surface area contributed by atoms with Gasteiger partial charge in [-0.05, 0) is 35.7 Å². The molecule has 0 atom stereocenters. The second-order valence-electron chi connectivity index (χ2n) is 4.52. The summed E-state index contributed by atoms with van der Waals surface area (Å²) in [5.74, 6) is 1.14. The third-order valence-electron chi connectivity index (χ3n) is 3.10. The molecule has 19 heavy (non-hydrogen) atoms. The highest BCUT2D eigenvalue weighted by Crippen LogP contribution is 2.28. The van der Waals surface area contributed by atoms with Gasteiger partial charge in [0, 0.05) is 12.5 Å². The van der Waals surface area contributed by atoms with Gasteiger partial charge in [0.2, 0.25) is 11.8 Å². The molecule has 0 saturated carbocycles. The Morgan fingerprint density at radius 3 is 2.32 bits per heavy atom. The Morgan fingerprint density at radius 2 is 1.63 bits per heavy atom. The smallest absolute Gasteiger partial charge is 0.247 e. The van der Waals surface area contributed by atoms with Crippen molar-refractivity contribution in [1.82, 2.24) is 10.2 Å². The minimum atomic E-state index is 0.565. The number of aryl methyl sites for hydroxylation is 2. The Labute approximate surface area is 111 Å². The molecule has 0 radical (unpaired) electrons. The molecule has 0 N–H and O–H groups in total. The number of aromatic nitrogens is 2. The highest BCUT2D eigenvalue weighted by Gasteiger charge is 2.09. The van der Waals surface area contributed by atoms with Gasteiger partial charge in [0.25, 0.3) is 0 Å². The number of hydrogen-bond acceptors (Lipinski definition) is 3. The summed E-state index contributed by atoms with van der Waals surface area (Å²) in [7, 11) is 0. The number of hydrogen-bond donors (Lipinski definition) is 0. The summed E-state index contributed by atoms with van der Waals surface area (Å²) < 4.78 is 5.48. The van der Waals surface area contributed by atoms with Crippen molar-refractivity contribution in [1.29, 1.82) is 0 Å². The minimum absolute atomic E-state index is 0.565. The van der Waals surface area contributed by atoms with E-state index in [1.165, 1.54) is 16.7 Å². The van der Waals surface area contributed by atoms with Gasteiger partial charge in [-0.15, -0.1) is 10.2 Å². The Balaban J connectivity index is 2.11. The Hall–Kier alpha value is -2.42. The van der Waals surface area contributed by atoms with E-state index in [2.05, 4.69) is 41.4 Å². The van der Waals surface area contributed by atoms with E-state index >= 15 is 0 Å². The van der Waals surface area contributed by atoms with Gasteiger partial charge < -0.3 is 4.42 Å². The summed E-state index contributed by atoms with van der Waals surface area (Å²) in [5.41, 5.74) is 4.56. The standard InChI is InChI=1S/C16H14N2O/c1-11-8-9-14(16-18-17-12(2)19-16)10-15(11)13-6-4-3-5-7-13/h3-10H,1-2H3. The second-order valence-corrected chi connectivity index (χ2v) is 4.52. The van der Waals surface area contributed by atoms with Crippen molar-refractivity contribution in [3.8, 4) is 22.6 Å². The van der Waals surface area contributed by atoms with Crippen LogP contribution >= 0.6 is 0 Å². The van der Waals surface area contributed by atoms with Crippen LogP contribution in [0.3, 0.4) is 0 Å². The van der Waals surface area contributed by atoms with Gasteiger partial charge in [-0.1, -0.05) is 36.4 Å². The molecule has 0 unspecified atom stereocenters. The lowest BCUT2D eigenvalue weighted by Gasteiger charge is -2.07. The van der Waals surface area contributed by atoms with Crippen LogP contribution in [-0.2, 0) is 0 Å². The van der Waals surface area contributed by atoms with Gasteiger partial charge in [-0.3, -0.25) is 0 Å². The van der Waals surface area contributed by atoms with Crippen molar-refractivity contribution in [2.24, 2.45) is 0 Å². The van der Waals surface area contributed by atoms with Crippen LogP contribution in [-0.4, -0.2) is 10.2 Å². The molecule has 1 aromatic heterocycles. The van der Waals surface area contributed by atoms with Crippen LogP contribution in [0.4, 0.5) is 0 Å². The molecule has 3 heteroatoms. The first-order valence-corrected chi connectivity index (χ1v) is 6.20. The zero-order valence-electron chi connectivity index (χ0n) is 10.9. The normalized spacial score (nSPS) is 10.6. The van der Waals surface area contributed by atoms with Crippen molar-refractivity contribution in [2.45, 2.75) is 13.8 Å². The third kappa shape index (κ3) is 2.27. The van der Waals surface area contributed by atoms with Crippen molar-refractivity contribution in [2.75, 3.05) is 0 Å². The predicted octanol–water partition coefficient (Wildman–Crippen LogP) is 4.02. The molecule has 0 aliphatic rings. The van der Waals surface area contributed by atoms with Gasteiger partial charge in [0.1, 0.15) is 0 Å². The van der Waals surface area contributed by atoms with E-state index < -0.39 is 0 Å². The van der Waals surface area contributed by atoms with Crippen LogP contribution < -0.4 is 0 Å². The topological polar surface area (TPSA) is 38.9 Å². The Kier molecular flexibility index (Phi) is 2.88. The first-order chi connectivity index (χ1) is 9.24. The first-order valence-electron chi connectivity index (χ1n) is 6.20. The molecule has 94 valence electrons. The van der Waals surface area contributed by atoms with Gasteiger partial charge in [0.05, 0.1) is 0 Å². The maximum Gasteiger partial charge on any atom is 0.247 e. The van der Waals surface area contributed by atoms with Crippen LogP contribution in [0.1, 0.15) is 11.5 Å². The molecule has 0 aliphatic heterocycles. The molecule has 0 aliphatic carbocycles. The largest absolute Gasteiger partial charge is 0.421 e. The molecule has 3 rings (SSSR count). The minimum Gasteiger partial charge on any atom is -0.421 e. The van der Waals surface area contributed by atoms with Crippen LogP contribution in [0, 0.1) is 13.8 Å². The fourth-order valence-corrected chi connectivity index (χ4v) is 2.10. The van der Waals surface area contributed by atoms with E-state index in [0.29, 0.717) is 11.8 Å². The maximum absolute atomic E-state index is 5.48. The number of benzene rings is 2. The fourth-order valence-electron chi connectivity index (χ4n) is 2.10. The van der Waals surface area contributed by atoms with Crippen LogP contribution in [0.15, 0.2) is 52.9 Å². The number of rotatable bonds is 2. The van der Waals surface area contributed by atoms with Crippen molar-refractivity contribution in [3.63, 3.8) is 0 Å². The van der Waals surface area contributed by atoms with E-state index in [1.807, 2.05) is 24.3 Å². The molecule has 3 aromatic rings. The van der Waals surface area contributed by atoms with Crippen LogP contribution in [0.2, 0.25) is 0 Å². The van der Waals surface area contributed by atoms with Crippen molar-refractivity contribution in [3.05, 3.63) is 60.0 Å². The molecule has 2 aromatic carbocycles. The van der Waals surface area contributed by atoms with Gasteiger partial charge in [-0.25, -0.2) is 0 Å². The molecule has 0 amide bonds. The lowest BCUT2D eigenvalue weighted by atomic mass is 9.98. The average Bonchev–Trinajstić information content (AvgIpc) is 2.87. The molecular weight excluding hydrogens is 236 g/mol. The van der Waals surface area contributed by atoms with Crippen molar-refractivity contribution >= 4 is 0 Å². The lowest BCUT2D eigenvalue weighted by molar-refractivity contribution is 0.533. The Bertz CT molecular complexity index is 702. The van der Waals surface area contributed by atoms with Gasteiger partial charge in [0.15, 0.2) is 0 Å². The summed E-state index contributed by atoms with van der Waals surface area (Å²) in [5, 5.41) is 7.93. The summed E-state index contributed by atoms with van der Waals surface area (Å²) in [6, 6.07) is 16.5. The summed E-state index contributed by atoms with van der Waals surface area (Å²) >= 11 is 0. The van der Waals surface area contributed by atoms with Crippen molar-refractivity contribution < 1.29 is 4.42 Å². The molecular formula is C16H14N2O. The number of nitrogens with zero attached hydrogens (tertiary/aromatic N) is 2. The van der Waals surface area contributed by atoms with Crippen LogP contribution in [0.5, 0.6) is 0 Å². The zero-order valence-corrected chi connectivity index (χ0v) is 10.9. The highest BCUT2D eigenvalue weighted by molar-refractivity contribution is 5.72. The molecule has 3 nitrogen and oxygen atoms in total. The van der Waals surface area contributed by atoms with Gasteiger partial charge >= 0.3 is 0 Å². The molecule has 1 heterocycles. The zero-order chi connectivity index (χ0) is 13.2. The summed E-state index contributed by atoms with van der Waals surface area (Å²) in [6.07, 6.45) is 0. The SMILES string of the molecule is Cc1nnc(-c2ccc(C)c(-c3ccccc3)c2)o1. The van der Waals surface area contributed by atoms with E-state index in [-0.39, 0.29) is 0 Å². The van der Waals surface area contributed by atoms with E-state index in [4.69, 9.17) is 4.42 Å². The summed E-state index contributed by atoms with van der Waals surface area (Å²) in [6.45, 7) is 3.90. The van der Waals surface area contributed by atoms with E-state index in [0.717, 1.165) is 5.56 Å². The Morgan fingerprint density at radius 1 is 0.842 bits per heavy atom. The first kappa shape index (κ1) is 11.7. The highest BCUT2D eigenvalue weighted by atomic mass is 16.4. The monoisotopic (exact) mass is 250 g/mol. The van der Waals surface area contributed by atoms with E-state index in [1.54, 1.807) is 6.92 Å². The molecule has 0 spiro atoms. The third-order valence-corrected chi connectivity index (χ3v) is 3.10. The molecule has 0 saturated heterocycles. The molecule has 0 bridgehead atoms. The predicted molar refractivity (Wildman–Crippen MR) is 74.6 cm³/mol. The lowest BCUT2D eigenvalue weighted by Crippen LogP contribution is -1.86. The average molecular weight is 250 g/mol. The van der Waals surface area contributed by atoms with E-state index in [9.17, 15) is 0 Å². The second kappa shape index (κ2) is 4.69. The fraction of sp³-hybridized carbons (Fsp3) is 0.125. The van der Waals surface area contributed by atoms with Crippen LogP contribution in [0.25, 0.3) is 22.6 Å². The summed E-state index contributed by atoms with van der Waals surface area (Å²) in [4.78, 5) is 0. The quantitative estimate of drug-likeness (QED) is 0.689. The van der Waals surface area contributed by atoms with Gasteiger partial charge in [-0.2, -0.15) is 0 Å².